The van der Waals surface area contributed by atoms with E-state index in [2.05, 4.69) is 4.98 Å². The minimum absolute atomic E-state index is 0.0388. The Morgan fingerprint density at radius 1 is 0.947 bits per heavy atom. The van der Waals surface area contributed by atoms with Crippen molar-refractivity contribution in [1.29, 1.82) is 0 Å². The highest BCUT2D eigenvalue weighted by molar-refractivity contribution is 5.91. The second kappa shape index (κ2) is 4.49. The summed E-state index contributed by atoms with van der Waals surface area (Å²) in [6.07, 6.45) is 1.57. The van der Waals surface area contributed by atoms with Gasteiger partial charge in [0.2, 0.25) is 0 Å². The van der Waals surface area contributed by atoms with E-state index < -0.39 is 0 Å². The van der Waals surface area contributed by atoms with Crippen molar-refractivity contribution < 1.29 is 4.92 Å². The third-order valence-electron chi connectivity index (χ3n) is 2.99. The molecule has 0 unspecified atom stereocenters. The second-order valence-corrected chi connectivity index (χ2v) is 4.19. The van der Waals surface area contributed by atoms with Gasteiger partial charge in [0.1, 0.15) is 5.52 Å². The topological polar surface area (TPSA) is 56.0 Å². The van der Waals surface area contributed by atoms with Crippen LogP contribution in [0.1, 0.15) is 0 Å². The number of nitro benzene ring substituents is 1. The summed E-state index contributed by atoms with van der Waals surface area (Å²) >= 11 is 0. The zero-order valence-corrected chi connectivity index (χ0v) is 9.98. The molecule has 0 saturated heterocycles. The molecular formula is C15H10N2O2. The summed E-state index contributed by atoms with van der Waals surface area (Å²) in [5, 5.41) is 11.9. The van der Waals surface area contributed by atoms with E-state index in [9.17, 15) is 10.1 Å². The standard InChI is InChI=1S/C15H10N2O2/c18-17(19)14-10-13(11-5-2-1-3-6-11)9-12-7-4-8-16-15(12)14/h1-10H. The average Bonchev–Trinajstić information content (AvgIpc) is 2.47. The van der Waals surface area contributed by atoms with Gasteiger partial charge < -0.3 is 0 Å². The molecule has 0 bridgehead atoms. The fourth-order valence-electron chi connectivity index (χ4n) is 2.11. The maximum atomic E-state index is 11.2. The van der Waals surface area contributed by atoms with Crippen LogP contribution in [0.4, 0.5) is 5.69 Å². The molecule has 3 aromatic rings. The molecule has 92 valence electrons. The lowest BCUT2D eigenvalue weighted by Gasteiger charge is -2.04. The Morgan fingerprint density at radius 2 is 1.74 bits per heavy atom. The number of non-ortho nitro benzene ring substituents is 1. The van der Waals surface area contributed by atoms with E-state index in [1.54, 1.807) is 18.3 Å². The zero-order valence-electron chi connectivity index (χ0n) is 9.98. The predicted molar refractivity (Wildman–Crippen MR) is 73.8 cm³/mol. The molecule has 0 radical (unpaired) electrons. The highest BCUT2D eigenvalue weighted by Gasteiger charge is 2.15. The summed E-state index contributed by atoms with van der Waals surface area (Å²) < 4.78 is 0. The maximum Gasteiger partial charge on any atom is 0.296 e. The van der Waals surface area contributed by atoms with Crippen LogP contribution in [-0.2, 0) is 0 Å². The Labute approximate surface area is 109 Å². The number of rotatable bonds is 2. The van der Waals surface area contributed by atoms with Crippen LogP contribution in [0.15, 0.2) is 60.8 Å². The van der Waals surface area contributed by atoms with Crippen LogP contribution in [0.5, 0.6) is 0 Å². The van der Waals surface area contributed by atoms with Crippen molar-refractivity contribution in [1.82, 2.24) is 4.98 Å². The van der Waals surface area contributed by atoms with Gasteiger partial charge in [0.15, 0.2) is 0 Å². The Morgan fingerprint density at radius 3 is 2.47 bits per heavy atom. The second-order valence-electron chi connectivity index (χ2n) is 4.19. The van der Waals surface area contributed by atoms with Gasteiger partial charge in [-0.2, -0.15) is 0 Å². The van der Waals surface area contributed by atoms with Crippen LogP contribution >= 0.6 is 0 Å². The SMILES string of the molecule is O=[N+]([O-])c1cc(-c2ccccc2)cc2cccnc12. The Balaban J connectivity index is 2.31. The molecule has 0 aliphatic carbocycles. The molecule has 0 atom stereocenters. The van der Waals surface area contributed by atoms with Gasteiger partial charge in [0.25, 0.3) is 5.69 Å². The first-order valence-corrected chi connectivity index (χ1v) is 5.84. The van der Waals surface area contributed by atoms with E-state index in [1.807, 2.05) is 42.5 Å². The normalized spacial score (nSPS) is 10.5. The molecule has 0 aliphatic rings. The monoisotopic (exact) mass is 250 g/mol. The summed E-state index contributed by atoms with van der Waals surface area (Å²) in [5.74, 6) is 0. The van der Waals surface area contributed by atoms with Gasteiger partial charge in [-0.1, -0.05) is 36.4 Å². The molecule has 3 rings (SSSR count). The number of hydrogen-bond donors (Lipinski definition) is 0. The molecule has 0 fully saturated rings. The van der Waals surface area contributed by atoms with Crippen LogP contribution < -0.4 is 0 Å². The molecule has 1 heterocycles. The van der Waals surface area contributed by atoms with Crippen LogP contribution in [0.25, 0.3) is 22.0 Å². The van der Waals surface area contributed by atoms with E-state index >= 15 is 0 Å². The third-order valence-corrected chi connectivity index (χ3v) is 2.99. The number of nitro groups is 1. The smallest absolute Gasteiger partial charge is 0.258 e. The summed E-state index contributed by atoms with van der Waals surface area (Å²) in [6.45, 7) is 0. The molecule has 19 heavy (non-hydrogen) atoms. The van der Waals surface area contributed by atoms with Crippen molar-refractivity contribution >= 4 is 16.6 Å². The molecular weight excluding hydrogens is 240 g/mol. The lowest BCUT2D eigenvalue weighted by Crippen LogP contribution is -1.92. The first-order valence-electron chi connectivity index (χ1n) is 5.84. The molecule has 0 aliphatic heterocycles. The zero-order chi connectivity index (χ0) is 13.2. The van der Waals surface area contributed by atoms with Gasteiger partial charge in [-0.15, -0.1) is 0 Å². The molecule has 0 spiro atoms. The lowest BCUT2D eigenvalue weighted by atomic mass is 10.0. The van der Waals surface area contributed by atoms with Crippen LogP contribution in [0, 0.1) is 10.1 Å². The van der Waals surface area contributed by atoms with Crippen LogP contribution in [0.3, 0.4) is 0 Å². The van der Waals surface area contributed by atoms with Gasteiger partial charge in [-0.3, -0.25) is 10.1 Å². The van der Waals surface area contributed by atoms with E-state index in [1.165, 1.54) is 0 Å². The van der Waals surface area contributed by atoms with Crippen molar-refractivity contribution in [2.24, 2.45) is 0 Å². The van der Waals surface area contributed by atoms with E-state index in [-0.39, 0.29) is 10.6 Å². The van der Waals surface area contributed by atoms with Gasteiger partial charge in [-0.25, -0.2) is 4.98 Å². The minimum Gasteiger partial charge on any atom is -0.258 e. The summed E-state index contributed by atoms with van der Waals surface area (Å²) in [5.41, 5.74) is 2.24. The first kappa shape index (κ1) is 11.3. The highest BCUT2D eigenvalue weighted by atomic mass is 16.6. The maximum absolute atomic E-state index is 11.2. The van der Waals surface area contributed by atoms with Crippen molar-refractivity contribution in [2.45, 2.75) is 0 Å². The Kier molecular flexibility index (Phi) is 2.68. The van der Waals surface area contributed by atoms with Crippen LogP contribution in [0.2, 0.25) is 0 Å². The highest BCUT2D eigenvalue weighted by Crippen LogP contribution is 2.30. The molecule has 4 nitrogen and oxygen atoms in total. The Bertz CT molecular complexity index is 754. The van der Waals surface area contributed by atoms with Crippen molar-refractivity contribution in [3.05, 3.63) is 70.9 Å². The molecule has 4 heteroatoms. The quantitative estimate of drug-likeness (QED) is 0.513. The molecule has 0 saturated carbocycles. The predicted octanol–water partition coefficient (Wildman–Crippen LogP) is 3.81. The number of aromatic nitrogens is 1. The molecule has 0 amide bonds. The lowest BCUT2D eigenvalue weighted by molar-refractivity contribution is -0.383. The number of hydrogen-bond acceptors (Lipinski definition) is 3. The van der Waals surface area contributed by atoms with Crippen molar-refractivity contribution in [2.75, 3.05) is 0 Å². The number of benzene rings is 2. The molecule has 1 aromatic heterocycles. The van der Waals surface area contributed by atoms with Crippen LogP contribution in [-0.4, -0.2) is 9.91 Å². The largest absolute Gasteiger partial charge is 0.296 e. The Hall–Kier alpha value is -2.75. The third kappa shape index (κ3) is 2.04. The van der Waals surface area contributed by atoms with Gasteiger partial charge in [-0.05, 0) is 23.3 Å². The minimum atomic E-state index is -0.387. The average molecular weight is 250 g/mol. The molecule has 2 aromatic carbocycles. The molecule has 0 N–H and O–H groups in total. The fraction of sp³-hybridized carbons (Fsp3) is 0. The summed E-state index contributed by atoms with van der Waals surface area (Å²) in [4.78, 5) is 14.9. The number of nitrogens with zero attached hydrogens (tertiary/aromatic N) is 2. The first-order chi connectivity index (χ1) is 9.25. The summed E-state index contributed by atoms with van der Waals surface area (Å²) in [7, 11) is 0. The number of pyridine rings is 1. The van der Waals surface area contributed by atoms with Gasteiger partial charge >= 0.3 is 0 Å². The van der Waals surface area contributed by atoms with Gasteiger partial charge in [0, 0.05) is 17.6 Å². The van der Waals surface area contributed by atoms with Crippen molar-refractivity contribution in [3.63, 3.8) is 0 Å². The van der Waals surface area contributed by atoms with E-state index in [0.29, 0.717) is 5.52 Å². The van der Waals surface area contributed by atoms with E-state index in [0.717, 1.165) is 16.5 Å². The number of fused-ring (bicyclic) bond motifs is 1. The van der Waals surface area contributed by atoms with E-state index in [4.69, 9.17) is 0 Å². The summed E-state index contributed by atoms with van der Waals surface area (Å²) in [6, 6.07) is 16.7. The fourth-order valence-corrected chi connectivity index (χ4v) is 2.11. The van der Waals surface area contributed by atoms with Gasteiger partial charge in [0.05, 0.1) is 4.92 Å². The van der Waals surface area contributed by atoms with Crippen molar-refractivity contribution in [3.8, 4) is 11.1 Å².